The number of ether oxygens (including phenoxy) is 1. The molecular formula is C13H16IN3O2. The van der Waals surface area contributed by atoms with E-state index in [1.165, 1.54) is 7.11 Å². The van der Waals surface area contributed by atoms with Crippen LogP contribution in [0.2, 0.25) is 0 Å². The summed E-state index contributed by atoms with van der Waals surface area (Å²) in [5.74, 6) is 1.54. The van der Waals surface area contributed by atoms with Crippen LogP contribution in [0.15, 0.2) is 18.3 Å². The van der Waals surface area contributed by atoms with Crippen LogP contribution < -0.4 is 4.90 Å². The monoisotopic (exact) mass is 373 g/mol. The maximum atomic E-state index is 11.7. The van der Waals surface area contributed by atoms with E-state index >= 15 is 0 Å². The van der Waals surface area contributed by atoms with Crippen molar-refractivity contribution in [2.75, 3.05) is 31.6 Å². The van der Waals surface area contributed by atoms with Crippen LogP contribution in [0.25, 0.3) is 0 Å². The van der Waals surface area contributed by atoms with Crippen LogP contribution >= 0.6 is 22.6 Å². The van der Waals surface area contributed by atoms with Gasteiger partial charge in [0.1, 0.15) is 5.82 Å². The smallest absolute Gasteiger partial charge is 0.409 e. The first-order valence-corrected chi connectivity index (χ1v) is 7.48. The van der Waals surface area contributed by atoms with Crippen molar-refractivity contribution in [3.05, 3.63) is 21.9 Å². The second-order valence-electron chi connectivity index (χ2n) is 5.02. The number of likely N-dealkylation sites (tertiary alicyclic amines) is 1. The Balaban J connectivity index is 1.73. The molecule has 0 unspecified atom stereocenters. The Morgan fingerprint density at radius 3 is 3.00 bits per heavy atom. The van der Waals surface area contributed by atoms with E-state index in [4.69, 9.17) is 4.74 Å². The fourth-order valence-electron chi connectivity index (χ4n) is 3.05. The zero-order valence-corrected chi connectivity index (χ0v) is 12.9. The second-order valence-corrected chi connectivity index (χ2v) is 6.26. The number of aromatic nitrogens is 1. The Labute approximate surface area is 126 Å². The van der Waals surface area contributed by atoms with Crippen molar-refractivity contribution in [1.29, 1.82) is 0 Å². The van der Waals surface area contributed by atoms with Gasteiger partial charge < -0.3 is 14.5 Å². The summed E-state index contributed by atoms with van der Waals surface area (Å²) < 4.78 is 5.99. The van der Waals surface area contributed by atoms with E-state index in [0.717, 1.165) is 35.4 Å². The van der Waals surface area contributed by atoms with Crippen LogP contribution in [0.5, 0.6) is 0 Å². The van der Waals surface area contributed by atoms with E-state index in [2.05, 4.69) is 38.5 Å². The lowest BCUT2D eigenvalue weighted by Crippen LogP contribution is -2.39. The molecule has 1 aromatic rings. The minimum atomic E-state index is -0.204. The van der Waals surface area contributed by atoms with E-state index in [0.29, 0.717) is 5.92 Å². The van der Waals surface area contributed by atoms with Gasteiger partial charge in [-0.3, -0.25) is 0 Å². The van der Waals surface area contributed by atoms with Crippen LogP contribution in [0, 0.1) is 9.49 Å². The molecule has 1 amide bonds. The Morgan fingerprint density at radius 1 is 1.47 bits per heavy atom. The SMILES string of the molecule is COC(=O)N1CC[C@@H]2CN(c3ccc(I)cn3)C[C@@H]21. The molecule has 0 N–H and O–H groups in total. The van der Waals surface area contributed by atoms with Gasteiger partial charge in [-0.2, -0.15) is 0 Å². The van der Waals surface area contributed by atoms with Gasteiger partial charge in [0.2, 0.25) is 0 Å². The average Bonchev–Trinajstić information content (AvgIpc) is 2.98. The summed E-state index contributed by atoms with van der Waals surface area (Å²) in [4.78, 5) is 20.3. The van der Waals surface area contributed by atoms with Gasteiger partial charge in [-0.1, -0.05) is 0 Å². The Kier molecular flexibility index (Phi) is 3.51. The van der Waals surface area contributed by atoms with Crippen molar-refractivity contribution in [2.45, 2.75) is 12.5 Å². The molecule has 2 fully saturated rings. The highest BCUT2D eigenvalue weighted by Gasteiger charge is 2.44. The Hall–Kier alpha value is -1.05. The van der Waals surface area contributed by atoms with Crippen molar-refractivity contribution in [1.82, 2.24) is 9.88 Å². The second kappa shape index (κ2) is 5.15. The van der Waals surface area contributed by atoms with Crippen LogP contribution in [-0.2, 0) is 4.74 Å². The molecule has 5 nitrogen and oxygen atoms in total. The molecule has 0 aromatic carbocycles. The predicted octanol–water partition coefficient (Wildman–Crippen LogP) is 1.96. The summed E-state index contributed by atoms with van der Waals surface area (Å²) >= 11 is 2.25. The molecule has 102 valence electrons. The molecule has 3 heterocycles. The zero-order valence-electron chi connectivity index (χ0n) is 10.8. The first kappa shape index (κ1) is 13.0. The third-order valence-corrected chi connectivity index (χ3v) is 4.63. The number of fused-ring (bicyclic) bond motifs is 1. The lowest BCUT2D eigenvalue weighted by molar-refractivity contribution is 0.119. The highest BCUT2D eigenvalue weighted by atomic mass is 127. The van der Waals surface area contributed by atoms with Crippen LogP contribution in [-0.4, -0.2) is 48.8 Å². The Bertz CT molecular complexity index is 479. The standard InChI is InChI=1S/C13H16IN3O2/c1-19-13(18)17-5-4-9-7-16(8-11(9)17)12-3-2-10(14)6-15-12/h2-3,6,9,11H,4-5,7-8H2,1H3/t9-,11+/m1/s1. The number of rotatable bonds is 1. The number of pyridine rings is 1. The van der Waals surface area contributed by atoms with E-state index < -0.39 is 0 Å². The summed E-state index contributed by atoms with van der Waals surface area (Å²) in [7, 11) is 1.45. The Morgan fingerprint density at radius 2 is 2.32 bits per heavy atom. The van der Waals surface area contributed by atoms with Crippen molar-refractivity contribution in [3.63, 3.8) is 0 Å². The minimum Gasteiger partial charge on any atom is -0.453 e. The van der Waals surface area contributed by atoms with Crippen LogP contribution in [0.3, 0.4) is 0 Å². The molecule has 2 aliphatic rings. The van der Waals surface area contributed by atoms with Gasteiger partial charge in [0.25, 0.3) is 0 Å². The van der Waals surface area contributed by atoms with Gasteiger partial charge in [-0.15, -0.1) is 0 Å². The van der Waals surface area contributed by atoms with Gasteiger partial charge in [-0.05, 0) is 41.1 Å². The molecule has 0 spiro atoms. The first-order chi connectivity index (χ1) is 9.19. The number of anilines is 1. The lowest BCUT2D eigenvalue weighted by Gasteiger charge is -2.24. The van der Waals surface area contributed by atoms with Crippen LogP contribution in [0.1, 0.15) is 6.42 Å². The highest BCUT2D eigenvalue weighted by molar-refractivity contribution is 14.1. The lowest BCUT2D eigenvalue weighted by atomic mass is 10.1. The van der Waals surface area contributed by atoms with Gasteiger partial charge in [-0.25, -0.2) is 9.78 Å². The minimum absolute atomic E-state index is 0.204. The number of hydrogen-bond acceptors (Lipinski definition) is 4. The quantitative estimate of drug-likeness (QED) is 0.707. The number of carbonyl (C=O) groups is 1. The number of methoxy groups -OCH3 is 1. The predicted molar refractivity (Wildman–Crippen MR) is 80.2 cm³/mol. The maximum Gasteiger partial charge on any atom is 0.409 e. The molecule has 1 aromatic heterocycles. The van der Waals surface area contributed by atoms with Crippen molar-refractivity contribution in [3.8, 4) is 0 Å². The number of hydrogen-bond donors (Lipinski definition) is 0. The molecular weight excluding hydrogens is 357 g/mol. The molecule has 6 heteroatoms. The maximum absolute atomic E-state index is 11.7. The number of carbonyl (C=O) groups excluding carboxylic acids is 1. The van der Waals surface area contributed by atoms with Crippen molar-refractivity contribution in [2.24, 2.45) is 5.92 Å². The molecule has 0 radical (unpaired) electrons. The van der Waals surface area contributed by atoms with Crippen molar-refractivity contribution < 1.29 is 9.53 Å². The normalized spacial score (nSPS) is 25.6. The van der Waals surface area contributed by atoms with Gasteiger partial charge in [0, 0.05) is 35.3 Å². The fourth-order valence-corrected chi connectivity index (χ4v) is 3.37. The zero-order chi connectivity index (χ0) is 13.4. The number of halogens is 1. The summed E-state index contributed by atoms with van der Waals surface area (Å²) in [6.45, 7) is 2.65. The largest absolute Gasteiger partial charge is 0.453 e. The molecule has 2 atom stereocenters. The van der Waals surface area contributed by atoms with Gasteiger partial charge >= 0.3 is 6.09 Å². The summed E-state index contributed by atoms with van der Waals surface area (Å²) in [6, 6.07) is 4.38. The van der Waals surface area contributed by atoms with E-state index in [1.807, 2.05) is 17.2 Å². The molecule has 0 saturated carbocycles. The fraction of sp³-hybridized carbons (Fsp3) is 0.538. The third kappa shape index (κ3) is 2.37. The number of amides is 1. The summed E-state index contributed by atoms with van der Waals surface area (Å²) in [5.41, 5.74) is 0. The van der Waals surface area contributed by atoms with Crippen LogP contribution in [0.4, 0.5) is 10.6 Å². The molecule has 0 bridgehead atoms. The van der Waals surface area contributed by atoms with E-state index in [1.54, 1.807) is 0 Å². The van der Waals surface area contributed by atoms with E-state index in [9.17, 15) is 4.79 Å². The summed E-state index contributed by atoms with van der Waals surface area (Å²) in [6.07, 6.45) is 2.73. The average molecular weight is 373 g/mol. The molecule has 0 aliphatic carbocycles. The highest BCUT2D eigenvalue weighted by Crippen LogP contribution is 2.33. The third-order valence-electron chi connectivity index (χ3n) is 3.99. The topological polar surface area (TPSA) is 45.7 Å². The van der Waals surface area contributed by atoms with Gasteiger partial charge in [0.05, 0.1) is 13.2 Å². The van der Waals surface area contributed by atoms with Crippen molar-refractivity contribution >= 4 is 34.5 Å². The molecule has 3 rings (SSSR count). The first-order valence-electron chi connectivity index (χ1n) is 6.40. The molecule has 2 saturated heterocycles. The summed E-state index contributed by atoms with van der Waals surface area (Å²) in [5, 5.41) is 0. The molecule has 19 heavy (non-hydrogen) atoms. The number of nitrogens with zero attached hydrogens (tertiary/aromatic N) is 3. The molecule has 2 aliphatic heterocycles. The van der Waals surface area contributed by atoms with Gasteiger partial charge in [0.15, 0.2) is 0 Å². The van der Waals surface area contributed by atoms with E-state index in [-0.39, 0.29) is 12.1 Å².